The number of hydrogen-bond donors (Lipinski definition) is 3. The number of anilines is 1. The van der Waals surface area contributed by atoms with E-state index in [1.807, 2.05) is 13.8 Å². The minimum absolute atomic E-state index is 0.0707. The molecule has 0 radical (unpaired) electrons. The van der Waals surface area contributed by atoms with Crippen LogP contribution in [0.4, 0.5) is 5.69 Å². The summed E-state index contributed by atoms with van der Waals surface area (Å²) >= 11 is 0. The van der Waals surface area contributed by atoms with E-state index in [9.17, 15) is 9.59 Å². The summed E-state index contributed by atoms with van der Waals surface area (Å²) in [5, 5.41) is 8.33. The highest BCUT2D eigenvalue weighted by Crippen LogP contribution is 2.14. The van der Waals surface area contributed by atoms with E-state index in [0.717, 1.165) is 11.4 Å². The maximum Gasteiger partial charge on any atom is 0.254 e. The fourth-order valence-electron chi connectivity index (χ4n) is 1.62. The average Bonchev–Trinajstić information content (AvgIpc) is 2.38. The number of carbonyl (C=O) groups is 2. The zero-order chi connectivity index (χ0) is 14.3. The van der Waals surface area contributed by atoms with Crippen LogP contribution < -0.4 is 16.0 Å². The Hall–Kier alpha value is -2.11. The molecule has 0 aliphatic heterocycles. The molecule has 104 valence electrons. The summed E-state index contributed by atoms with van der Waals surface area (Å²) in [5.41, 5.74) is 2.04. The molecule has 0 unspecified atom stereocenters. The molecule has 6 heteroatoms. The smallest absolute Gasteiger partial charge is 0.254 e. The minimum atomic E-state index is -0.235. The third-order valence-corrected chi connectivity index (χ3v) is 2.57. The van der Waals surface area contributed by atoms with Crippen LogP contribution in [-0.4, -0.2) is 36.9 Å². The van der Waals surface area contributed by atoms with Crippen LogP contribution in [0.25, 0.3) is 0 Å². The third-order valence-electron chi connectivity index (χ3n) is 2.57. The summed E-state index contributed by atoms with van der Waals surface area (Å²) in [6, 6.07) is 1.80. The Morgan fingerprint density at radius 2 is 2.05 bits per heavy atom. The molecule has 3 N–H and O–H groups in total. The Kier molecular flexibility index (Phi) is 5.78. The van der Waals surface area contributed by atoms with Gasteiger partial charge in [-0.25, -0.2) is 0 Å². The molecule has 0 bridgehead atoms. The lowest BCUT2D eigenvalue weighted by atomic mass is 10.2. The second-order valence-electron chi connectivity index (χ2n) is 4.08. The Morgan fingerprint density at radius 1 is 1.32 bits per heavy atom. The molecule has 0 aromatic carbocycles. The first-order valence-electron chi connectivity index (χ1n) is 6.27. The normalized spacial score (nSPS) is 9.84. The van der Waals surface area contributed by atoms with E-state index in [0.29, 0.717) is 18.7 Å². The molecule has 2 amide bonds. The van der Waals surface area contributed by atoms with E-state index in [1.165, 1.54) is 6.20 Å². The number of rotatable bonds is 6. The van der Waals surface area contributed by atoms with Gasteiger partial charge in [0.05, 0.1) is 11.3 Å². The maximum atomic E-state index is 12.0. The highest BCUT2D eigenvalue weighted by molar-refractivity contribution is 5.99. The van der Waals surface area contributed by atoms with E-state index >= 15 is 0 Å². The zero-order valence-electron chi connectivity index (χ0n) is 11.5. The molecule has 0 spiro atoms. The maximum absolute atomic E-state index is 12.0. The van der Waals surface area contributed by atoms with Gasteiger partial charge in [-0.15, -0.1) is 0 Å². The minimum Gasteiger partial charge on any atom is -0.387 e. The van der Waals surface area contributed by atoms with E-state index in [-0.39, 0.29) is 18.2 Å². The number of amides is 2. The molecule has 1 aromatic rings. The number of aromatic nitrogens is 1. The standard InChI is InChI=1S/C13H20N4O2/c1-4-15-12(18)5-6-16-13(19)10-8-17-9(2)7-11(10)14-3/h7-8H,4-6H2,1-3H3,(H,14,17)(H,15,18)(H,16,19). The van der Waals surface area contributed by atoms with Crippen LogP contribution in [0.2, 0.25) is 0 Å². The van der Waals surface area contributed by atoms with Gasteiger partial charge in [0.25, 0.3) is 5.91 Å². The van der Waals surface area contributed by atoms with Crippen LogP contribution in [0.1, 0.15) is 29.4 Å². The first-order valence-corrected chi connectivity index (χ1v) is 6.27. The van der Waals surface area contributed by atoms with Crippen molar-refractivity contribution in [3.8, 4) is 0 Å². The lowest BCUT2D eigenvalue weighted by Gasteiger charge is -2.10. The van der Waals surface area contributed by atoms with Crippen LogP contribution in [-0.2, 0) is 4.79 Å². The van der Waals surface area contributed by atoms with Gasteiger partial charge in [0, 0.05) is 38.4 Å². The summed E-state index contributed by atoms with van der Waals surface area (Å²) in [7, 11) is 1.75. The van der Waals surface area contributed by atoms with E-state index in [4.69, 9.17) is 0 Å². The van der Waals surface area contributed by atoms with Gasteiger partial charge in [-0.1, -0.05) is 0 Å². The number of aryl methyl sites for hydroxylation is 1. The highest BCUT2D eigenvalue weighted by Gasteiger charge is 2.11. The fraction of sp³-hybridized carbons (Fsp3) is 0.462. The summed E-state index contributed by atoms with van der Waals surface area (Å²) in [6.45, 7) is 4.62. The van der Waals surface area contributed by atoms with Gasteiger partial charge in [0.15, 0.2) is 0 Å². The number of nitrogens with zero attached hydrogens (tertiary/aromatic N) is 1. The predicted molar refractivity (Wildman–Crippen MR) is 74.2 cm³/mol. The molecule has 0 aliphatic rings. The van der Waals surface area contributed by atoms with E-state index in [1.54, 1.807) is 13.1 Å². The van der Waals surface area contributed by atoms with E-state index in [2.05, 4.69) is 20.9 Å². The second-order valence-corrected chi connectivity index (χ2v) is 4.08. The summed E-state index contributed by atoms with van der Waals surface area (Å²) in [4.78, 5) is 27.3. The second kappa shape index (κ2) is 7.35. The van der Waals surface area contributed by atoms with Crippen LogP contribution in [0.3, 0.4) is 0 Å². The number of pyridine rings is 1. The van der Waals surface area contributed by atoms with Gasteiger partial charge in [0.1, 0.15) is 0 Å². The van der Waals surface area contributed by atoms with Crippen molar-refractivity contribution in [2.45, 2.75) is 20.3 Å². The Bertz CT molecular complexity index is 460. The lowest BCUT2D eigenvalue weighted by molar-refractivity contribution is -0.120. The molecule has 0 aliphatic carbocycles. The van der Waals surface area contributed by atoms with Crippen molar-refractivity contribution in [3.05, 3.63) is 23.5 Å². The van der Waals surface area contributed by atoms with Gasteiger partial charge >= 0.3 is 0 Å². The van der Waals surface area contributed by atoms with E-state index < -0.39 is 0 Å². The van der Waals surface area contributed by atoms with Crippen LogP contribution in [0.5, 0.6) is 0 Å². The third kappa shape index (κ3) is 4.57. The monoisotopic (exact) mass is 264 g/mol. The Labute approximate surface area is 113 Å². The molecule has 19 heavy (non-hydrogen) atoms. The number of carbonyl (C=O) groups excluding carboxylic acids is 2. The first kappa shape index (κ1) is 14.9. The molecule has 1 aromatic heterocycles. The molecule has 0 saturated carbocycles. The molecular formula is C13H20N4O2. The molecule has 1 heterocycles. The fourth-order valence-corrected chi connectivity index (χ4v) is 1.62. The highest BCUT2D eigenvalue weighted by atomic mass is 16.2. The summed E-state index contributed by atoms with van der Waals surface area (Å²) in [6.07, 6.45) is 1.80. The number of hydrogen-bond acceptors (Lipinski definition) is 4. The molecular weight excluding hydrogens is 244 g/mol. The van der Waals surface area contributed by atoms with Crippen molar-refractivity contribution in [1.29, 1.82) is 0 Å². The van der Waals surface area contributed by atoms with Crippen molar-refractivity contribution < 1.29 is 9.59 Å². The molecule has 0 fully saturated rings. The van der Waals surface area contributed by atoms with Crippen LogP contribution in [0, 0.1) is 6.92 Å². The first-order chi connectivity index (χ1) is 9.08. The largest absolute Gasteiger partial charge is 0.387 e. The molecule has 0 saturated heterocycles. The van der Waals surface area contributed by atoms with Gasteiger partial charge < -0.3 is 16.0 Å². The van der Waals surface area contributed by atoms with Gasteiger partial charge in [0.2, 0.25) is 5.91 Å². The van der Waals surface area contributed by atoms with Crippen molar-refractivity contribution in [1.82, 2.24) is 15.6 Å². The number of nitrogens with one attached hydrogen (secondary N) is 3. The lowest BCUT2D eigenvalue weighted by Crippen LogP contribution is -2.31. The SMILES string of the molecule is CCNC(=O)CCNC(=O)c1cnc(C)cc1NC. The summed E-state index contributed by atoms with van der Waals surface area (Å²) in [5.74, 6) is -0.306. The Morgan fingerprint density at radius 3 is 2.68 bits per heavy atom. The van der Waals surface area contributed by atoms with Gasteiger partial charge in [-0.05, 0) is 19.9 Å². The van der Waals surface area contributed by atoms with Crippen molar-refractivity contribution in [2.75, 3.05) is 25.5 Å². The van der Waals surface area contributed by atoms with Crippen LogP contribution >= 0.6 is 0 Å². The van der Waals surface area contributed by atoms with Crippen molar-refractivity contribution >= 4 is 17.5 Å². The topological polar surface area (TPSA) is 83.1 Å². The van der Waals surface area contributed by atoms with Gasteiger partial charge in [-0.3, -0.25) is 14.6 Å². The molecule has 1 rings (SSSR count). The van der Waals surface area contributed by atoms with Crippen LogP contribution in [0.15, 0.2) is 12.3 Å². The quantitative estimate of drug-likeness (QED) is 0.706. The summed E-state index contributed by atoms with van der Waals surface area (Å²) < 4.78 is 0. The van der Waals surface area contributed by atoms with Crippen molar-refractivity contribution in [3.63, 3.8) is 0 Å². The zero-order valence-corrected chi connectivity index (χ0v) is 11.5. The molecule has 0 atom stereocenters. The van der Waals surface area contributed by atoms with Crippen molar-refractivity contribution in [2.24, 2.45) is 0 Å². The predicted octanol–water partition coefficient (Wildman–Crippen LogP) is 0.688. The molecule has 6 nitrogen and oxygen atoms in total. The Balaban J connectivity index is 2.56. The van der Waals surface area contributed by atoms with Gasteiger partial charge in [-0.2, -0.15) is 0 Å². The average molecular weight is 264 g/mol.